The number of carbonyl (C=O) groups is 1. The number of likely N-dealkylation sites (tertiary alicyclic amines) is 1. The maximum absolute atomic E-state index is 12.0. The molecule has 0 saturated carbocycles. The summed E-state index contributed by atoms with van der Waals surface area (Å²) in [5.74, 6) is 0.500. The van der Waals surface area contributed by atoms with Crippen molar-refractivity contribution in [1.82, 2.24) is 4.90 Å². The number of hydrogen-bond donors (Lipinski definition) is 2. The van der Waals surface area contributed by atoms with Crippen LogP contribution in [0.5, 0.6) is 0 Å². The van der Waals surface area contributed by atoms with Gasteiger partial charge in [0.25, 0.3) is 0 Å². The van der Waals surface area contributed by atoms with Gasteiger partial charge in [0.2, 0.25) is 5.91 Å². The zero-order chi connectivity index (χ0) is 11.6. The summed E-state index contributed by atoms with van der Waals surface area (Å²) in [6.07, 6.45) is 0.960. The SMILES string of the molecule is CC1CCN(C(=O)[C@@H](N)C(C)C)C1CO. The maximum Gasteiger partial charge on any atom is 0.240 e. The maximum atomic E-state index is 12.0. The summed E-state index contributed by atoms with van der Waals surface area (Å²) in [5, 5.41) is 9.24. The molecule has 4 nitrogen and oxygen atoms in total. The lowest BCUT2D eigenvalue weighted by Crippen LogP contribution is -2.50. The quantitative estimate of drug-likeness (QED) is 0.705. The molecule has 0 aromatic carbocycles. The third-order valence-corrected chi connectivity index (χ3v) is 3.36. The molecule has 1 fully saturated rings. The highest BCUT2D eigenvalue weighted by Gasteiger charge is 2.36. The van der Waals surface area contributed by atoms with E-state index in [0.717, 1.165) is 13.0 Å². The highest BCUT2D eigenvalue weighted by Crippen LogP contribution is 2.24. The lowest BCUT2D eigenvalue weighted by molar-refractivity contribution is -0.135. The fourth-order valence-corrected chi connectivity index (χ4v) is 2.04. The van der Waals surface area contributed by atoms with Gasteiger partial charge in [-0.2, -0.15) is 0 Å². The van der Waals surface area contributed by atoms with Gasteiger partial charge in [-0.1, -0.05) is 20.8 Å². The summed E-state index contributed by atoms with van der Waals surface area (Å²) in [4.78, 5) is 13.7. The number of nitrogens with zero attached hydrogens (tertiary/aromatic N) is 1. The highest BCUT2D eigenvalue weighted by atomic mass is 16.3. The minimum Gasteiger partial charge on any atom is -0.394 e. The summed E-state index contributed by atoms with van der Waals surface area (Å²) in [7, 11) is 0. The second kappa shape index (κ2) is 4.94. The number of aliphatic hydroxyl groups excluding tert-OH is 1. The van der Waals surface area contributed by atoms with Gasteiger partial charge in [-0.25, -0.2) is 0 Å². The molecule has 0 radical (unpaired) electrons. The molecule has 0 aromatic heterocycles. The third kappa shape index (κ3) is 2.49. The lowest BCUT2D eigenvalue weighted by atomic mass is 10.0. The van der Waals surface area contributed by atoms with Crippen LogP contribution < -0.4 is 5.73 Å². The van der Waals surface area contributed by atoms with Crippen molar-refractivity contribution < 1.29 is 9.90 Å². The Balaban J connectivity index is 2.67. The van der Waals surface area contributed by atoms with E-state index in [4.69, 9.17) is 5.73 Å². The molecule has 88 valence electrons. The van der Waals surface area contributed by atoms with E-state index in [1.54, 1.807) is 4.90 Å². The Bertz CT molecular complexity index is 231. The zero-order valence-electron chi connectivity index (χ0n) is 9.81. The van der Waals surface area contributed by atoms with Crippen LogP contribution in [0.15, 0.2) is 0 Å². The average Bonchev–Trinajstić information content (AvgIpc) is 2.57. The molecule has 0 spiro atoms. The normalized spacial score (nSPS) is 28.5. The van der Waals surface area contributed by atoms with Crippen molar-refractivity contribution in [1.29, 1.82) is 0 Å². The van der Waals surface area contributed by atoms with Crippen molar-refractivity contribution in [2.24, 2.45) is 17.6 Å². The minimum absolute atomic E-state index is 0.0200. The predicted molar refractivity (Wildman–Crippen MR) is 59.2 cm³/mol. The van der Waals surface area contributed by atoms with E-state index in [2.05, 4.69) is 6.92 Å². The fourth-order valence-electron chi connectivity index (χ4n) is 2.04. The first-order valence-corrected chi connectivity index (χ1v) is 5.66. The van der Waals surface area contributed by atoms with Crippen LogP contribution in [0, 0.1) is 11.8 Å². The molecular formula is C11H22N2O2. The van der Waals surface area contributed by atoms with Crippen LogP contribution >= 0.6 is 0 Å². The number of nitrogens with two attached hydrogens (primary N) is 1. The third-order valence-electron chi connectivity index (χ3n) is 3.36. The van der Waals surface area contributed by atoms with Crippen LogP contribution in [-0.4, -0.2) is 41.1 Å². The average molecular weight is 214 g/mol. The molecule has 1 aliphatic heterocycles. The van der Waals surface area contributed by atoms with Crippen molar-refractivity contribution >= 4 is 5.91 Å². The topological polar surface area (TPSA) is 66.6 Å². The number of aliphatic hydroxyl groups is 1. The molecule has 3 atom stereocenters. The van der Waals surface area contributed by atoms with Crippen molar-refractivity contribution in [3.8, 4) is 0 Å². The van der Waals surface area contributed by atoms with Gasteiger partial charge in [0.05, 0.1) is 18.7 Å². The van der Waals surface area contributed by atoms with Gasteiger partial charge in [0.1, 0.15) is 0 Å². The summed E-state index contributed by atoms with van der Waals surface area (Å²) >= 11 is 0. The summed E-state index contributed by atoms with van der Waals surface area (Å²) in [6.45, 7) is 6.71. The molecule has 1 heterocycles. The molecule has 1 saturated heterocycles. The van der Waals surface area contributed by atoms with Gasteiger partial charge in [-0.05, 0) is 18.3 Å². The molecule has 0 aromatic rings. The van der Waals surface area contributed by atoms with Crippen molar-refractivity contribution in [3.63, 3.8) is 0 Å². The largest absolute Gasteiger partial charge is 0.394 e. The molecule has 1 amide bonds. The molecule has 3 N–H and O–H groups in total. The zero-order valence-corrected chi connectivity index (χ0v) is 9.81. The monoisotopic (exact) mass is 214 g/mol. The van der Waals surface area contributed by atoms with E-state index < -0.39 is 6.04 Å². The Morgan fingerprint density at radius 2 is 2.20 bits per heavy atom. The number of hydrogen-bond acceptors (Lipinski definition) is 3. The van der Waals surface area contributed by atoms with Crippen molar-refractivity contribution in [2.45, 2.75) is 39.3 Å². The lowest BCUT2D eigenvalue weighted by Gasteiger charge is -2.29. The van der Waals surface area contributed by atoms with Crippen LogP contribution in [-0.2, 0) is 4.79 Å². The molecule has 0 aliphatic carbocycles. The Morgan fingerprint density at radius 3 is 2.67 bits per heavy atom. The molecule has 1 rings (SSSR count). The van der Waals surface area contributed by atoms with Crippen LogP contribution in [0.25, 0.3) is 0 Å². The van der Waals surface area contributed by atoms with Gasteiger partial charge >= 0.3 is 0 Å². The summed E-state index contributed by atoms with van der Waals surface area (Å²) in [6, 6.07) is -0.480. The van der Waals surface area contributed by atoms with Gasteiger partial charge in [-0.3, -0.25) is 4.79 Å². The van der Waals surface area contributed by atoms with E-state index in [-0.39, 0.29) is 24.5 Å². The second-order valence-corrected chi connectivity index (χ2v) is 4.82. The Labute approximate surface area is 91.4 Å². The Morgan fingerprint density at radius 1 is 1.60 bits per heavy atom. The smallest absolute Gasteiger partial charge is 0.240 e. The molecule has 1 aliphatic rings. The van der Waals surface area contributed by atoms with Crippen LogP contribution in [0.1, 0.15) is 27.2 Å². The van der Waals surface area contributed by atoms with Crippen LogP contribution in [0.2, 0.25) is 0 Å². The molecule has 0 bridgehead atoms. The first-order chi connectivity index (χ1) is 6.99. The standard InChI is InChI=1S/C11H22N2O2/c1-7(2)10(12)11(15)13-5-4-8(3)9(13)6-14/h7-10,14H,4-6,12H2,1-3H3/t8?,9?,10-/m0/s1. The van der Waals surface area contributed by atoms with Gasteiger partial charge in [0.15, 0.2) is 0 Å². The van der Waals surface area contributed by atoms with E-state index in [9.17, 15) is 9.90 Å². The summed E-state index contributed by atoms with van der Waals surface area (Å²) in [5.41, 5.74) is 5.83. The van der Waals surface area contributed by atoms with E-state index in [1.807, 2.05) is 13.8 Å². The first-order valence-electron chi connectivity index (χ1n) is 5.66. The first kappa shape index (κ1) is 12.5. The van der Waals surface area contributed by atoms with E-state index >= 15 is 0 Å². The molecule has 15 heavy (non-hydrogen) atoms. The van der Waals surface area contributed by atoms with Crippen LogP contribution in [0.3, 0.4) is 0 Å². The van der Waals surface area contributed by atoms with Gasteiger partial charge < -0.3 is 15.7 Å². The van der Waals surface area contributed by atoms with Gasteiger partial charge in [-0.15, -0.1) is 0 Å². The van der Waals surface area contributed by atoms with Gasteiger partial charge in [0, 0.05) is 6.54 Å². The minimum atomic E-state index is -0.440. The summed E-state index contributed by atoms with van der Waals surface area (Å²) < 4.78 is 0. The van der Waals surface area contributed by atoms with Crippen LogP contribution in [0.4, 0.5) is 0 Å². The molecule has 4 heteroatoms. The van der Waals surface area contributed by atoms with Crippen molar-refractivity contribution in [2.75, 3.05) is 13.2 Å². The van der Waals surface area contributed by atoms with E-state index in [0.29, 0.717) is 5.92 Å². The number of rotatable bonds is 3. The van der Waals surface area contributed by atoms with Crippen molar-refractivity contribution in [3.05, 3.63) is 0 Å². The highest BCUT2D eigenvalue weighted by molar-refractivity contribution is 5.82. The van der Waals surface area contributed by atoms with E-state index in [1.165, 1.54) is 0 Å². The number of amides is 1. The number of carbonyl (C=O) groups excluding carboxylic acids is 1. The predicted octanol–water partition coefficient (Wildman–Crippen LogP) is 0.199. The Hall–Kier alpha value is -0.610. The fraction of sp³-hybridized carbons (Fsp3) is 0.909. The second-order valence-electron chi connectivity index (χ2n) is 4.82. The molecular weight excluding hydrogens is 192 g/mol. The Kier molecular flexibility index (Phi) is 4.11. The molecule has 2 unspecified atom stereocenters.